The summed E-state index contributed by atoms with van der Waals surface area (Å²) in [7, 11) is 1.70. The zero-order valence-corrected chi connectivity index (χ0v) is 19.2. The number of rotatable bonds is 7. The molecule has 5 aromatic rings. The molecular formula is C29H29N3O. The number of aromatic nitrogens is 2. The van der Waals surface area contributed by atoms with E-state index in [2.05, 4.69) is 71.7 Å². The summed E-state index contributed by atoms with van der Waals surface area (Å²) in [5, 5.41) is 2.36. The Kier molecular flexibility index (Phi) is 5.84. The van der Waals surface area contributed by atoms with Crippen molar-refractivity contribution in [1.82, 2.24) is 9.97 Å². The number of hydrogen-bond acceptors (Lipinski definition) is 3. The van der Waals surface area contributed by atoms with Gasteiger partial charge in [0, 0.05) is 27.5 Å². The molecule has 2 aromatic heterocycles. The van der Waals surface area contributed by atoms with Crippen LogP contribution in [0.15, 0.2) is 72.8 Å². The van der Waals surface area contributed by atoms with Crippen molar-refractivity contribution in [3.8, 4) is 28.1 Å². The fourth-order valence-electron chi connectivity index (χ4n) is 4.67. The van der Waals surface area contributed by atoms with Gasteiger partial charge in [-0.3, -0.25) is 0 Å². The van der Waals surface area contributed by atoms with Gasteiger partial charge in [0.2, 0.25) is 0 Å². The number of aromatic amines is 1. The van der Waals surface area contributed by atoms with Crippen molar-refractivity contribution in [2.45, 2.75) is 26.2 Å². The van der Waals surface area contributed by atoms with Crippen molar-refractivity contribution in [2.24, 2.45) is 5.73 Å². The number of pyridine rings is 1. The van der Waals surface area contributed by atoms with Crippen molar-refractivity contribution in [3.63, 3.8) is 0 Å². The maximum atomic E-state index is 5.82. The van der Waals surface area contributed by atoms with Crippen LogP contribution in [0.2, 0.25) is 0 Å². The lowest BCUT2D eigenvalue weighted by atomic mass is 9.96. The molecule has 0 bridgehead atoms. The van der Waals surface area contributed by atoms with Crippen LogP contribution in [0, 0.1) is 6.92 Å². The van der Waals surface area contributed by atoms with E-state index < -0.39 is 0 Å². The predicted molar refractivity (Wildman–Crippen MR) is 138 cm³/mol. The van der Waals surface area contributed by atoms with Gasteiger partial charge in [0.1, 0.15) is 11.3 Å². The van der Waals surface area contributed by atoms with E-state index in [1.54, 1.807) is 7.11 Å². The summed E-state index contributed by atoms with van der Waals surface area (Å²) in [6.45, 7) is 2.72. The summed E-state index contributed by atoms with van der Waals surface area (Å²) in [6, 6.07) is 25.6. The van der Waals surface area contributed by atoms with Gasteiger partial charge in [-0.2, -0.15) is 0 Å². The number of methoxy groups -OCH3 is 1. The van der Waals surface area contributed by atoms with Crippen LogP contribution in [0.1, 0.15) is 24.1 Å². The Morgan fingerprint density at radius 3 is 2.52 bits per heavy atom. The smallest absolute Gasteiger partial charge is 0.145 e. The third kappa shape index (κ3) is 3.98. The normalized spacial score (nSPS) is 11.4. The monoisotopic (exact) mass is 435 g/mol. The van der Waals surface area contributed by atoms with Gasteiger partial charge in [0.25, 0.3) is 0 Å². The number of hydrogen-bond donors (Lipinski definition) is 2. The van der Waals surface area contributed by atoms with Gasteiger partial charge >= 0.3 is 0 Å². The lowest BCUT2D eigenvalue weighted by Gasteiger charge is -2.12. The van der Waals surface area contributed by atoms with Crippen LogP contribution >= 0.6 is 0 Å². The van der Waals surface area contributed by atoms with Gasteiger partial charge in [-0.1, -0.05) is 42.5 Å². The molecule has 166 valence electrons. The minimum atomic E-state index is 0.710. The summed E-state index contributed by atoms with van der Waals surface area (Å²) >= 11 is 0. The van der Waals surface area contributed by atoms with Crippen LogP contribution in [0.3, 0.4) is 0 Å². The van der Waals surface area contributed by atoms with Crippen LogP contribution in [0.25, 0.3) is 44.2 Å². The molecule has 3 aromatic carbocycles. The second kappa shape index (κ2) is 9.08. The third-order valence-corrected chi connectivity index (χ3v) is 6.34. The molecule has 0 aliphatic carbocycles. The van der Waals surface area contributed by atoms with Crippen molar-refractivity contribution in [1.29, 1.82) is 0 Å². The van der Waals surface area contributed by atoms with Crippen LogP contribution in [-0.4, -0.2) is 23.6 Å². The molecule has 0 radical (unpaired) electrons. The van der Waals surface area contributed by atoms with E-state index in [1.165, 1.54) is 22.1 Å². The number of ether oxygens (including phenoxy) is 1. The highest BCUT2D eigenvalue weighted by Gasteiger charge is 2.18. The minimum Gasteiger partial charge on any atom is -0.494 e. The molecule has 2 heterocycles. The zero-order valence-electron chi connectivity index (χ0n) is 19.2. The fourth-order valence-corrected chi connectivity index (χ4v) is 4.67. The van der Waals surface area contributed by atoms with Crippen LogP contribution in [0.4, 0.5) is 0 Å². The van der Waals surface area contributed by atoms with Gasteiger partial charge in [0.15, 0.2) is 0 Å². The standard InChI is InChI=1S/C29H29N3O/c1-19-11-13-24-23(14-16-27(33-2)29(24)31-19)28-22(10-6-7-17-30)25-18-21(12-15-26(25)32-28)20-8-4-3-5-9-20/h3-5,8-9,11-16,18,32H,6-7,10,17,30H2,1-2H3. The maximum absolute atomic E-state index is 5.82. The van der Waals surface area contributed by atoms with Gasteiger partial charge in [-0.15, -0.1) is 0 Å². The largest absolute Gasteiger partial charge is 0.494 e. The van der Waals surface area contributed by atoms with Crippen molar-refractivity contribution >= 4 is 21.8 Å². The van der Waals surface area contributed by atoms with Gasteiger partial charge in [0.05, 0.1) is 12.8 Å². The van der Waals surface area contributed by atoms with Crippen LogP contribution in [0.5, 0.6) is 5.75 Å². The Balaban J connectivity index is 1.73. The zero-order chi connectivity index (χ0) is 22.8. The maximum Gasteiger partial charge on any atom is 0.145 e. The first-order valence-corrected chi connectivity index (χ1v) is 11.5. The second-order valence-electron chi connectivity index (χ2n) is 8.51. The fraction of sp³-hybridized carbons (Fsp3) is 0.207. The molecule has 4 nitrogen and oxygen atoms in total. The van der Waals surface area contributed by atoms with E-state index in [4.69, 9.17) is 15.5 Å². The number of nitrogens with one attached hydrogen (secondary N) is 1. The first-order valence-electron chi connectivity index (χ1n) is 11.5. The number of unbranched alkanes of at least 4 members (excludes halogenated alkanes) is 1. The van der Waals surface area contributed by atoms with Gasteiger partial charge in [-0.25, -0.2) is 4.98 Å². The average molecular weight is 436 g/mol. The van der Waals surface area contributed by atoms with Crippen molar-refractivity contribution in [3.05, 3.63) is 84.1 Å². The molecule has 0 unspecified atom stereocenters. The number of benzene rings is 3. The SMILES string of the molecule is COc1ccc(-c2[nH]c3ccc(-c4ccccc4)cc3c2CCCCN)c2ccc(C)nc12. The molecule has 0 atom stereocenters. The Morgan fingerprint density at radius 1 is 0.879 bits per heavy atom. The van der Waals surface area contributed by atoms with Crippen LogP contribution in [-0.2, 0) is 6.42 Å². The molecule has 0 amide bonds. The summed E-state index contributed by atoms with van der Waals surface area (Å²) in [5.41, 5.74) is 14.9. The number of fused-ring (bicyclic) bond motifs is 2. The molecular weight excluding hydrogens is 406 g/mol. The summed E-state index contributed by atoms with van der Waals surface area (Å²) in [4.78, 5) is 8.52. The highest BCUT2D eigenvalue weighted by Crippen LogP contribution is 2.39. The number of nitrogens with two attached hydrogens (primary N) is 1. The molecule has 0 saturated carbocycles. The van der Waals surface area contributed by atoms with E-state index in [9.17, 15) is 0 Å². The van der Waals surface area contributed by atoms with Crippen molar-refractivity contribution in [2.75, 3.05) is 13.7 Å². The Labute approximate surface area is 194 Å². The molecule has 5 rings (SSSR count). The van der Waals surface area contributed by atoms with Gasteiger partial charge < -0.3 is 15.5 Å². The van der Waals surface area contributed by atoms with E-state index in [1.807, 2.05) is 13.0 Å². The Hall–Kier alpha value is -3.63. The summed E-state index contributed by atoms with van der Waals surface area (Å²) < 4.78 is 5.62. The van der Waals surface area contributed by atoms with Crippen LogP contribution < -0.4 is 10.5 Å². The molecule has 33 heavy (non-hydrogen) atoms. The summed E-state index contributed by atoms with van der Waals surface area (Å²) in [5.74, 6) is 0.796. The predicted octanol–water partition coefficient (Wildman–Crippen LogP) is 6.65. The molecule has 0 spiro atoms. The summed E-state index contributed by atoms with van der Waals surface area (Å²) in [6.07, 6.45) is 3.03. The molecule has 0 saturated heterocycles. The Morgan fingerprint density at radius 2 is 1.73 bits per heavy atom. The Bertz CT molecular complexity index is 1420. The number of H-pyrrole nitrogens is 1. The number of aryl methyl sites for hydroxylation is 2. The lowest BCUT2D eigenvalue weighted by Crippen LogP contribution is -1.99. The molecule has 0 fully saturated rings. The molecule has 0 aliphatic rings. The quantitative estimate of drug-likeness (QED) is 0.281. The van der Waals surface area contributed by atoms with Gasteiger partial charge in [-0.05, 0) is 79.8 Å². The minimum absolute atomic E-state index is 0.710. The highest BCUT2D eigenvalue weighted by atomic mass is 16.5. The topological polar surface area (TPSA) is 63.9 Å². The highest BCUT2D eigenvalue weighted by molar-refractivity contribution is 6.02. The number of nitrogens with zero attached hydrogens (tertiary/aromatic N) is 1. The van der Waals surface area contributed by atoms with E-state index in [-0.39, 0.29) is 0 Å². The first kappa shape index (κ1) is 21.2. The molecule has 0 aliphatic heterocycles. The molecule has 4 heteroatoms. The average Bonchev–Trinajstić information content (AvgIpc) is 3.21. The lowest BCUT2D eigenvalue weighted by molar-refractivity contribution is 0.419. The van der Waals surface area contributed by atoms with E-state index in [0.717, 1.165) is 58.4 Å². The van der Waals surface area contributed by atoms with Crippen molar-refractivity contribution < 1.29 is 4.74 Å². The van der Waals surface area contributed by atoms with E-state index in [0.29, 0.717) is 6.54 Å². The third-order valence-electron chi connectivity index (χ3n) is 6.34. The second-order valence-corrected chi connectivity index (χ2v) is 8.51. The first-order chi connectivity index (χ1) is 16.2. The van der Waals surface area contributed by atoms with E-state index >= 15 is 0 Å². The molecule has 3 N–H and O–H groups in total.